The molecule has 142 valence electrons. The normalized spacial score (nSPS) is 11.0. The Morgan fingerprint density at radius 3 is 2.70 bits per heavy atom. The topological polar surface area (TPSA) is 70.4 Å². The molecule has 3 aromatic rings. The van der Waals surface area contributed by atoms with E-state index < -0.39 is 0 Å². The van der Waals surface area contributed by atoms with E-state index in [0.29, 0.717) is 37.2 Å². The zero-order valence-corrected chi connectivity index (χ0v) is 16.3. The predicted molar refractivity (Wildman–Crippen MR) is 106 cm³/mol. The van der Waals surface area contributed by atoms with E-state index in [1.54, 1.807) is 11.7 Å². The average molecular weight is 386 g/mol. The van der Waals surface area contributed by atoms with Crippen LogP contribution >= 0.6 is 11.3 Å². The van der Waals surface area contributed by atoms with Crippen molar-refractivity contribution in [2.45, 2.75) is 25.8 Å². The molecule has 3 rings (SSSR count). The zero-order chi connectivity index (χ0) is 19.2. The summed E-state index contributed by atoms with van der Waals surface area (Å²) >= 11 is 1.51. The number of esters is 1. The average Bonchev–Trinajstić information content (AvgIpc) is 3.13. The van der Waals surface area contributed by atoms with Gasteiger partial charge in [-0.15, -0.1) is 11.3 Å². The number of hydrogen-bond donors (Lipinski definition) is 0. The molecule has 1 aromatic carbocycles. The fourth-order valence-electron chi connectivity index (χ4n) is 2.90. The molecule has 0 N–H and O–H groups in total. The first kappa shape index (κ1) is 19.3. The summed E-state index contributed by atoms with van der Waals surface area (Å²) in [7, 11) is 2.99. The number of methoxy groups -OCH3 is 2. The van der Waals surface area contributed by atoms with Crippen molar-refractivity contribution < 1.29 is 14.3 Å². The Morgan fingerprint density at radius 2 is 2.00 bits per heavy atom. The van der Waals surface area contributed by atoms with Crippen LogP contribution in [0.15, 0.2) is 41.2 Å². The van der Waals surface area contributed by atoms with Crippen LogP contribution in [0.1, 0.15) is 18.7 Å². The van der Waals surface area contributed by atoms with Crippen molar-refractivity contribution in [3.8, 4) is 10.4 Å². The molecule has 0 spiro atoms. The second-order valence-corrected chi connectivity index (χ2v) is 7.13. The predicted octanol–water partition coefficient (Wildman–Crippen LogP) is 3.27. The molecule has 2 aromatic heterocycles. The van der Waals surface area contributed by atoms with E-state index >= 15 is 0 Å². The second-order valence-electron chi connectivity index (χ2n) is 6.10. The first-order valence-electron chi connectivity index (χ1n) is 8.78. The Balaban J connectivity index is 1.99. The molecule has 0 aliphatic rings. The third-order valence-electron chi connectivity index (χ3n) is 4.31. The maximum absolute atomic E-state index is 13.1. The SMILES string of the molecule is COCCc1nc2sc(-c3ccccc3)cc2c(=O)n1CCCC(=O)OC. The van der Waals surface area contributed by atoms with Crippen LogP contribution < -0.4 is 5.56 Å². The highest BCUT2D eigenvalue weighted by atomic mass is 32.1. The highest BCUT2D eigenvalue weighted by molar-refractivity contribution is 7.21. The number of thiophene rings is 1. The minimum atomic E-state index is -0.280. The third kappa shape index (κ3) is 4.43. The zero-order valence-electron chi connectivity index (χ0n) is 15.4. The van der Waals surface area contributed by atoms with E-state index in [1.807, 2.05) is 36.4 Å². The lowest BCUT2D eigenvalue weighted by atomic mass is 10.2. The van der Waals surface area contributed by atoms with E-state index in [-0.39, 0.29) is 17.9 Å². The summed E-state index contributed by atoms with van der Waals surface area (Å²) in [6.07, 6.45) is 1.33. The number of rotatable bonds is 8. The van der Waals surface area contributed by atoms with Crippen LogP contribution in [-0.4, -0.2) is 36.3 Å². The van der Waals surface area contributed by atoms with Crippen molar-refractivity contribution in [2.24, 2.45) is 0 Å². The van der Waals surface area contributed by atoms with E-state index in [1.165, 1.54) is 18.4 Å². The van der Waals surface area contributed by atoms with Gasteiger partial charge in [-0.1, -0.05) is 30.3 Å². The van der Waals surface area contributed by atoms with Crippen LogP contribution in [0.4, 0.5) is 0 Å². The monoisotopic (exact) mass is 386 g/mol. The Morgan fingerprint density at radius 1 is 1.22 bits per heavy atom. The van der Waals surface area contributed by atoms with Gasteiger partial charge in [0.15, 0.2) is 0 Å². The van der Waals surface area contributed by atoms with Gasteiger partial charge in [0.05, 0.1) is 19.1 Å². The summed E-state index contributed by atoms with van der Waals surface area (Å²) in [5.41, 5.74) is 0.991. The minimum absolute atomic E-state index is 0.0746. The Bertz CT molecular complexity index is 979. The number of fused-ring (bicyclic) bond motifs is 1. The van der Waals surface area contributed by atoms with E-state index in [2.05, 4.69) is 4.74 Å². The summed E-state index contributed by atoms with van der Waals surface area (Å²) < 4.78 is 11.5. The van der Waals surface area contributed by atoms with Crippen LogP contribution in [0.25, 0.3) is 20.7 Å². The van der Waals surface area contributed by atoms with Crippen LogP contribution in [0, 0.1) is 0 Å². The van der Waals surface area contributed by atoms with E-state index in [4.69, 9.17) is 9.72 Å². The van der Waals surface area contributed by atoms with Crippen molar-refractivity contribution in [3.05, 3.63) is 52.6 Å². The number of ether oxygens (including phenoxy) is 2. The summed E-state index contributed by atoms with van der Waals surface area (Å²) in [5.74, 6) is 0.401. The molecular formula is C20H22N2O4S. The largest absolute Gasteiger partial charge is 0.469 e. The Hall–Kier alpha value is -2.51. The lowest BCUT2D eigenvalue weighted by molar-refractivity contribution is -0.140. The number of nitrogens with zero attached hydrogens (tertiary/aromatic N) is 2. The number of aromatic nitrogens is 2. The van der Waals surface area contributed by atoms with Crippen LogP contribution in [-0.2, 0) is 27.2 Å². The van der Waals surface area contributed by atoms with Crippen LogP contribution in [0.5, 0.6) is 0 Å². The first-order chi connectivity index (χ1) is 13.1. The molecule has 0 radical (unpaired) electrons. The summed E-state index contributed by atoms with van der Waals surface area (Å²) in [6.45, 7) is 0.901. The number of carbonyl (C=O) groups excluding carboxylic acids is 1. The number of hydrogen-bond acceptors (Lipinski definition) is 6. The molecule has 7 heteroatoms. The summed E-state index contributed by atoms with van der Waals surface area (Å²) in [6, 6.07) is 11.9. The van der Waals surface area contributed by atoms with Crippen molar-refractivity contribution in [1.29, 1.82) is 0 Å². The Kier molecular flexibility index (Phi) is 6.36. The van der Waals surface area contributed by atoms with Gasteiger partial charge in [0.25, 0.3) is 5.56 Å². The fraction of sp³-hybridized carbons (Fsp3) is 0.350. The molecular weight excluding hydrogens is 364 g/mol. The van der Waals surface area contributed by atoms with Crippen LogP contribution in [0.3, 0.4) is 0 Å². The van der Waals surface area contributed by atoms with Crippen molar-refractivity contribution in [1.82, 2.24) is 9.55 Å². The molecule has 0 amide bonds. The van der Waals surface area contributed by atoms with Gasteiger partial charge in [-0.2, -0.15) is 0 Å². The van der Waals surface area contributed by atoms with Gasteiger partial charge in [-0.05, 0) is 18.1 Å². The molecule has 0 atom stereocenters. The molecule has 0 unspecified atom stereocenters. The smallest absolute Gasteiger partial charge is 0.305 e. The van der Waals surface area contributed by atoms with Crippen molar-refractivity contribution in [3.63, 3.8) is 0 Å². The maximum atomic E-state index is 13.1. The van der Waals surface area contributed by atoms with Gasteiger partial charge >= 0.3 is 5.97 Å². The molecule has 0 fully saturated rings. The molecule has 2 heterocycles. The molecule has 0 bridgehead atoms. The summed E-state index contributed by atoms with van der Waals surface area (Å²) in [5, 5.41) is 0.609. The standard InChI is InChI=1S/C20H22N2O4S/c1-25-12-10-17-21-19-15(13-16(27-19)14-7-4-3-5-8-14)20(24)22(17)11-6-9-18(23)26-2/h3-5,7-8,13H,6,9-12H2,1-2H3. The van der Waals surface area contributed by atoms with Crippen LogP contribution in [0.2, 0.25) is 0 Å². The van der Waals surface area contributed by atoms with Crippen molar-refractivity contribution >= 4 is 27.5 Å². The number of carbonyl (C=O) groups is 1. The fourth-order valence-corrected chi connectivity index (χ4v) is 3.95. The second kappa shape index (κ2) is 8.92. The van der Waals surface area contributed by atoms with Gasteiger partial charge < -0.3 is 9.47 Å². The quantitative estimate of drug-likeness (QED) is 0.556. The minimum Gasteiger partial charge on any atom is -0.469 e. The van der Waals surface area contributed by atoms with E-state index in [9.17, 15) is 9.59 Å². The molecule has 0 aliphatic carbocycles. The lowest BCUT2D eigenvalue weighted by Crippen LogP contribution is -2.26. The molecule has 0 saturated heterocycles. The van der Waals surface area contributed by atoms with Gasteiger partial charge in [-0.3, -0.25) is 14.2 Å². The molecule has 0 saturated carbocycles. The highest BCUT2D eigenvalue weighted by Crippen LogP contribution is 2.31. The molecule has 0 aliphatic heterocycles. The summed E-state index contributed by atoms with van der Waals surface area (Å²) in [4.78, 5) is 30.9. The van der Waals surface area contributed by atoms with Gasteiger partial charge in [0.2, 0.25) is 0 Å². The van der Waals surface area contributed by atoms with Gasteiger partial charge in [0.1, 0.15) is 10.7 Å². The first-order valence-corrected chi connectivity index (χ1v) is 9.60. The molecule has 6 nitrogen and oxygen atoms in total. The van der Waals surface area contributed by atoms with Crippen molar-refractivity contribution in [2.75, 3.05) is 20.8 Å². The maximum Gasteiger partial charge on any atom is 0.305 e. The highest BCUT2D eigenvalue weighted by Gasteiger charge is 2.15. The molecule has 27 heavy (non-hydrogen) atoms. The number of benzene rings is 1. The van der Waals surface area contributed by atoms with Gasteiger partial charge in [-0.25, -0.2) is 4.98 Å². The van der Waals surface area contributed by atoms with E-state index in [0.717, 1.165) is 15.3 Å². The third-order valence-corrected chi connectivity index (χ3v) is 5.39. The lowest BCUT2D eigenvalue weighted by Gasteiger charge is -2.11. The Labute approximate surface area is 161 Å². The van der Waals surface area contributed by atoms with Gasteiger partial charge in [0, 0.05) is 31.4 Å².